The van der Waals surface area contributed by atoms with E-state index < -0.39 is 17.8 Å². The van der Waals surface area contributed by atoms with Crippen LogP contribution in [0.1, 0.15) is 22.5 Å². The van der Waals surface area contributed by atoms with Crippen LogP contribution in [0.2, 0.25) is 10.0 Å². The molecule has 0 saturated carbocycles. The van der Waals surface area contributed by atoms with E-state index in [2.05, 4.69) is 5.32 Å². The lowest BCUT2D eigenvalue weighted by Crippen LogP contribution is -2.54. The average Bonchev–Trinajstić information content (AvgIpc) is 3.00. The normalized spacial score (nSPS) is 15.5. The number of nitrogens with zero attached hydrogens (tertiary/aromatic N) is 2. The number of amides is 4. The van der Waals surface area contributed by atoms with Crippen molar-refractivity contribution in [1.29, 1.82) is 0 Å². The predicted octanol–water partition coefficient (Wildman–Crippen LogP) is 5.38. The average molecular weight is 468 g/mol. The number of aromatic nitrogens is 1. The molecule has 4 rings (SSSR count). The number of para-hydroxylation sites is 1. The van der Waals surface area contributed by atoms with Crippen molar-refractivity contribution in [3.8, 4) is 5.69 Å². The molecular formula is C24H19Cl2N3O3. The van der Waals surface area contributed by atoms with E-state index in [4.69, 9.17) is 23.2 Å². The Kier molecular flexibility index (Phi) is 5.67. The van der Waals surface area contributed by atoms with E-state index in [0.717, 1.165) is 27.5 Å². The second-order valence-electron chi connectivity index (χ2n) is 7.50. The van der Waals surface area contributed by atoms with E-state index in [-0.39, 0.29) is 5.57 Å². The van der Waals surface area contributed by atoms with E-state index in [9.17, 15) is 14.4 Å². The number of barbiturate groups is 1. The third-order valence-electron chi connectivity index (χ3n) is 5.38. The van der Waals surface area contributed by atoms with Crippen molar-refractivity contribution < 1.29 is 14.4 Å². The summed E-state index contributed by atoms with van der Waals surface area (Å²) in [6, 6.07) is 13.3. The van der Waals surface area contributed by atoms with E-state index in [1.807, 2.05) is 30.5 Å². The van der Waals surface area contributed by atoms with Crippen LogP contribution >= 0.6 is 23.2 Å². The molecule has 2 aromatic carbocycles. The number of anilines is 1. The summed E-state index contributed by atoms with van der Waals surface area (Å²) in [6.45, 7) is 5.55. The van der Waals surface area contributed by atoms with Crippen LogP contribution in [-0.2, 0) is 9.59 Å². The molecule has 3 aromatic rings. The molecule has 1 aliphatic heterocycles. The van der Waals surface area contributed by atoms with E-state index >= 15 is 0 Å². The number of benzene rings is 2. The van der Waals surface area contributed by atoms with Crippen LogP contribution in [0.3, 0.4) is 0 Å². The lowest BCUT2D eigenvalue weighted by atomic mass is 10.1. The van der Waals surface area contributed by atoms with Crippen LogP contribution in [0.15, 0.2) is 54.1 Å². The zero-order chi connectivity index (χ0) is 23.2. The first-order valence-corrected chi connectivity index (χ1v) is 10.6. The third-order valence-corrected chi connectivity index (χ3v) is 5.92. The van der Waals surface area contributed by atoms with Gasteiger partial charge in [0.15, 0.2) is 0 Å². The maximum atomic E-state index is 13.2. The van der Waals surface area contributed by atoms with Crippen LogP contribution in [0.5, 0.6) is 0 Å². The summed E-state index contributed by atoms with van der Waals surface area (Å²) in [5.74, 6) is -1.42. The molecule has 0 spiro atoms. The smallest absolute Gasteiger partial charge is 0.316 e. The first kappa shape index (κ1) is 21.9. The molecule has 1 N–H and O–H groups in total. The quantitative estimate of drug-likeness (QED) is 0.415. The second kappa shape index (κ2) is 8.30. The first-order chi connectivity index (χ1) is 15.2. The van der Waals surface area contributed by atoms with Gasteiger partial charge in [-0.1, -0.05) is 41.4 Å². The lowest BCUT2D eigenvalue weighted by Gasteiger charge is -2.27. The molecule has 0 aliphatic carbocycles. The molecule has 1 aliphatic rings. The highest BCUT2D eigenvalue weighted by Gasteiger charge is 2.37. The molecule has 1 fully saturated rings. The number of hydrogen-bond acceptors (Lipinski definition) is 3. The van der Waals surface area contributed by atoms with Crippen molar-refractivity contribution in [2.45, 2.75) is 20.8 Å². The second-order valence-corrected chi connectivity index (χ2v) is 8.35. The number of aryl methyl sites for hydroxylation is 2. The molecule has 162 valence electrons. The SMILES string of the molecule is Cc1ccccc1N1C(=O)NC(=O)/C(=C\c2cc(C)n(-c3ccc(Cl)cc3Cl)c2C)C1=O. The number of carbonyl (C=O) groups is 3. The fraction of sp³-hybridized carbons (Fsp3) is 0.125. The highest BCUT2D eigenvalue weighted by molar-refractivity contribution is 6.39. The minimum absolute atomic E-state index is 0.129. The van der Waals surface area contributed by atoms with Gasteiger partial charge in [0, 0.05) is 16.4 Å². The summed E-state index contributed by atoms with van der Waals surface area (Å²) in [6.07, 6.45) is 1.50. The topological polar surface area (TPSA) is 71.4 Å². The summed E-state index contributed by atoms with van der Waals surface area (Å²) in [5.41, 5.74) is 4.05. The molecule has 6 nitrogen and oxygen atoms in total. The Morgan fingerprint density at radius 2 is 1.62 bits per heavy atom. The van der Waals surface area contributed by atoms with Gasteiger partial charge in [0.05, 0.1) is 16.4 Å². The van der Waals surface area contributed by atoms with Gasteiger partial charge in [-0.3, -0.25) is 14.9 Å². The Labute approximate surface area is 195 Å². The molecule has 4 amide bonds. The number of imide groups is 2. The molecule has 1 aromatic heterocycles. The minimum Gasteiger partial charge on any atom is -0.316 e. The molecular weight excluding hydrogens is 449 g/mol. The molecule has 0 bridgehead atoms. The molecule has 0 unspecified atom stereocenters. The van der Waals surface area contributed by atoms with Gasteiger partial charge in [-0.2, -0.15) is 0 Å². The summed E-state index contributed by atoms with van der Waals surface area (Å²) in [4.78, 5) is 39.2. The predicted molar refractivity (Wildman–Crippen MR) is 125 cm³/mol. The van der Waals surface area contributed by atoms with E-state index in [1.54, 1.807) is 43.3 Å². The van der Waals surface area contributed by atoms with Gasteiger partial charge in [-0.05, 0) is 68.3 Å². The van der Waals surface area contributed by atoms with Crippen LogP contribution in [0.4, 0.5) is 10.5 Å². The standard InChI is InChI=1S/C24H19Cl2N3O3/c1-13-6-4-5-7-20(13)29-23(31)18(22(30)27-24(29)32)11-16-10-14(2)28(15(16)3)21-9-8-17(25)12-19(21)26/h4-12H,1-3H3,(H,27,30,32)/b18-11+. The maximum Gasteiger partial charge on any atom is 0.335 e. The number of urea groups is 1. The number of rotatable bonds is 3. The molecule has 2 heterocycles. The molecule has 1 saturated heterocycles. The summed E-state index contributed by atoms with van der Waals surface area (Å²) >= 11 is 12.4. The number of nitrogens with one attached hydrogen (secondary N) is 1. The monoisotopic (exact) mass is 467 g/mol. The van der Waals surface area contributed by atoms with Gasteiger partial charge in [0.1, 0.15) is 5.57 Å². The van der Waals surface area contributed by atoms with Crippen molar-refractivity contribution in [3.05, 3.63) is 86.7 Å². The zero-order valence-electron chi connectivity index (χ0n) is 17.6. The maximum absolute atomic E-state index is 13.2. The van der Waals surface area contributed by atoms with Crippen molar-refractivity contribution in [2.75, 3.05) is 4.90 Å². The van der Waals surface area contributed by atoms with Crippen LogP contribution in [-0.4, -0.2) is 22.4 Å². The first-order valence-electron chi connectivity index (χ1n) is 9.80. The molecule has 8 heteroatoms. The summed E-state index contributed by atoms with van der Waals surface area (Å²) < 4.78 is 1.92. The fourth-order valence-electron chi connectivity index (χ4n) is 3.81. The number of hydrogen-bond donors (Lipinski definition) is 1. The van der Waals surface area contributed by atoms with Crippen molar-refractivity contribution in [3.63, 3.8) is 0 Å². The Morgan fingerprint density at radius 1 is 0.906 bits per heavy atom. The van der Waals surface area contributed by atoms with Crippen LogP contribution in [0, 0.1) is 20.8 Å². The van der Waals surface area contributed by atoms with Crippen LogP contribution in [0.25, 0.3) is 11.8 Å². The van der Waals surface area contributed by atoms with Gasteiger partial charge >= 0.3 is 6.03 Å². The Bertz CT molecular complexity index is 1320. The van der Waals surface area contributed by atoms with Crippen molar-refractivity contribution in [1.82, 2.24) is 9.88 Å². The minimum atomic E-state index is -0.773. The molecule has 32 heavy (non-hydrogen) atoms. The molecule has 0 radical (unpaired) electrons. The van der Waals surface area contributed by atoms with Crippen molar-refractivity contribution in [2.24, 2.45) is 0 Å². The summed E-state index contributed by atoms with van der Waals surface area (Å²) in [7, 11) is 0. The largest absolute Gasteiger partial charge is 0.335 e. The van der Waals surface area contributed by atoms with Crippen molar-refractivity contribution >= 4 is 52.8 Å². The Hall–Kier alpha value is -3.35. The third kappa shape index (κ3) is 3.72. The van der Waals surface area contributed by atoms with Crippen LogP contribution < -0.4 is 10.2 Å². The number of carbonyl (C=O) groups excluding carboxylic acids is 3. The van der Waals surface area contributed by atoms with Gasteiger partial charge in [0.25, 0.3) is 11.8 Å². The van der Waals surface area contributed by atoms with Gasteiger partial charge in [-0.25, -0.2) is 9.69 Å². The highest BCUT2D eigenvalue weighted by atomic mass is 35.5. The highest BCUT2D eigenvalue weighted by Crippen LogP contribution is 2.31. The zero-order valence-corrected chi connectivity index (χ0v) is 19.1. The van der Waals surface area contributed by atoms with E-state index in [0.29, 0.717) is 21.3 Å². The fourth-order valence-corrected chi connectivity index (χ4v) is 4.31. The van der Waals surface area contributed by atoms with Gasteiger partial charge < -0.3 is 4.57 Å². The van der Waals surface area contributed by atoms with Gasteiger partial charge in [-0.15, -0.1) is 0 Å². The Balaban J connectivity index is 1.80. The summed E-state index contributed by atoms with van der Waals surface area (Å²) in [5, 5.41) is 3.26. The Morgan fingerprint density at radius 3 is 2.31 bits per heavy atom. The number of halogens is 2. The lowest BCUT2D eigenvalue weighted by molar-refractivity contribution is -0.122. The molecule has 0 atom stereocenters. The van der Waals surface area contributed by atoms with E-state index in [1.165, 1.54) is 6.08 Å². The van der Waals surface area contributed by atoms with Gasteiger partial charge in [0.2, 0.25) is 0 Å².